The van der Waals surface area contributed by atoms with Crippen LogP contribution < -0.4 is 0 Å². The Bertz CT molecular complexity index is 620. The Morgan fingerprint density at radius 3 is 2.45 bits per heavy atom. The second kappa shape index (κ2) is 4.70. The van der Waals surface area contributed by atoms with E-state index in [1.54, 1.807) is 4.57 Å². The summed E-state index contributed by atoms with van der Waals surface area (Å²) in [5.74, 6) is 1.08. The van der Waals surface area contributed by atoms with Gasteiger partial charge < -0.3 is 0 Å². The lowest BCUT2D eigenvalue weighted by atomic mass is 9.68. The number of hydrogen-bond donors (Lipinski definition) is 0. The van der Waals surface area contributed by atoms with Crippen molar-refractivity contribution < 1.29 is 8.42 Å². The van der Waals surface area contributed by atoms with E-state index >= 15 is 0 Å². The van der Waals surface area contributed by atoms with E-state index in [0.717, 1.165) is 37.9 Å². The second-order valence-corrected chi connectivity index (χ2v) is 9.13. The molecule has 1 unspecified atom stereocenters. The largest absolute Gasteiger partial charge is 0.297 e. The zero-order valence-electron chi connectivity index (χ0n) is 11.8. The highest BCUT2D eigenvalue weighted by molar-refractivity contribution is 8.13. The van der Waals surface area contributed by atoms with Crippen molar-refractivity contribution in [2.24, 2.45) is 5.41 Å². The van der Waals surface area contributed by atoms with Gasteiger partial charge in [-0.1, -0.05) is 26.7 Å². The molecule has 1 heterocycles. The van der Waals surface area contributed by atoms with Crippen LogP contribution in [0.1, 0.15) is 70.2 Å². The van der Waals surface area contributed by atoms with Gasteiger partial charge in [0.25, 0.3) is 14.2 Å². The Kier molecular flexibility index (Phi) is 3.36. The predicted octanol–water partition coefficient (Wildman–Crippen LogP) is 3.22. The van der Waals surface area contributed by atoms with E-state index < -0.39 is 9.05 Å². The Morgan fingerprint density at radius 1 is 1.20 bits per heavy atom. The van der Waals surface area contributed by atoms with E-state index in [-0.39, 0.29) is 22.5 Å². The van der Waals surface area contributed by atoms with Crippen LogP contribution in [-0.4, -0.2) is 23.2 Å². The standard InChI is InChI=1S/C13H20ClN3O2S/c1-13(2)8-4-3-5-10(13)11-15-16-12(20(14,18)19)17(11)9-6-7-9/h9-10H,3-8H2,1-2H3. The van der Waals surface area contributed by atoms with Gasteiger partial charge in [0.1, 0.15) is 5.82 Å². The van der Waals surface area contributed by atoms with Crippen LogP contribution >= 0.6 is 10.7 Å². The van der Waals surface area contributed by atoms with Gasteiger partial charge in [-0.15, -0.1) is 10.2 Å². The summed E-state index contributed by atoms with van der Waals surface area (Å²) in [7, 11) is 1.68. The minimum atomic E-state index is -3.83. The molecule has 0 aromatic carbocycles. The van der Waals surface area contributed by atoms with E-state index in [2.05, 4.69) is 24.0 Å². The van der Waals surface area contributed by atoms with Crippen molar-refractivity contribution in [3.05, 3.63) is 5.82 Å². The van der Waals surface area contributed by atoms with Crippen LogP contribution in [0.25, 0.3) is 0 Å². The van der Waals surface area contributed by atoms with Crippen molar-refractivity contribution in [3.63, 3.8) is 0 Å². The Morgan fingerprint density at radius 2 is 1.90 bits per heavy atom. The van der Waals surface area contributed by atoms with Gasteiger partial charge >= 0.3 is 0 Å². The maximum atomic E-state index is 11.7. The number of aromatic nitrogens is 3. The average Bonchev–Trinajstić information content (AvgIpc) is 3.07. The van der Waals surface area contributed by atoms with E-state index in [1.165, 1.54) is 6.42 Å². The first-order valence-electron chi connectivity index (χ1n) is 7.20. The fourth-order valence-corrected chi connectivity index (χ4v) is 4.27. The van der Waals surface area contributed by atoms with Crippen LogP contribution in [0, 0.1) is 5.41 Å². The summed E-state index contributed by atoms with van der Waals surface area (Å²) in [6.45, 7) is 4.47. The van der Waals surface area contributed by atoms with E-state index in [4.69, 9.17) is 10.7 Å². The SMILES string of the molecule is CC1(C)CCCCC1c1nnc(S(=O)(=O)Cl)n1C1CC1. The van der Waals surface area contributed by atoms with Gasteiger partial charge in [0, 0.05) is 22.6 Å². The fourth-order valence-electron chi connectivity index (χ4n) is 3.34. The molecule has 20 heavy (non-hydrogen) atoms. The van der Waals surface area contributed by atoms with Gasteiger partial charge in [-0.2, -0.15) is 0 Å². The molecule has 0 N–H and O–H groups in total. The molecule has 0 aliphatic heterocycles. The molecule has 112 valence electrons. The summed E-state index contributed by atoms with van der Waals surface area (Å²) in [5.41, 5.74) is 0.130. The summed E-state index contributed by atoms with van der Waals surface area (Å²) < 4.78 is 25.2. The molecular formula is C13H20ClN3O2S. The highest BCUT2D eigenvalue weighted by Gasteiger charge is 2.41. The maximum Gasteiger partial charge on any atom is 0.296 e. The van der Waals surface area contributed by atoms with Gasteiger partial charge in [0.2, 0.25) is 0 Å². The monoisotopic (exact) mass is 317 g/mol. The van der Waals surface area contributed by atoms with Gasteiger partial charge in [-0.3, -0.25) is 4.57 Å². The van der Waals surface area contributed by atoms with Crippen molar-refractivity contribution >= 4 is 19.7 Å². The molecule has 0 amide bonds. The molecule has 1 aromatic heterocycles. The molecular weight excluding hydrogens is 298 g/mol. The first-order valence-corrected chi connectivity index (χ1v) is 9.51. The van der Waals surface area contributed by atoms with Crippen LogP contribution in [-0.2, 0) is 9.05 Å². The third kappa shape index (κ3) is 2.48. The Hall–Kier alpha value is -0.620. The van der Waals surface area contributed by atoms with Crippen LogP contribution in [0.15, 0.2) is 5.16 Å². The second-order valence-electron chi connectivity index (χ2n) is 6.67. The van der Waals surface area contributed by atoms with Crippen LogP contribution in [0.5, 0.6) is 0 Å². The molecule has 2 fully saturated rings. The third-order valence-electron chi connectivity index (χ3n) is 4.64. The van der Waals surface area contributed by atoms with Crippen LogP contribution in [0.2, 0.25) is 0 Å². The number of rotatable bonds is 3. The zero-order valence-corrected chi connectivity index (χ0v) is 13.4. The Labute approximate surface area is 124 Å². The summed E-state index contributed by atoms with van der Waals surface area (Å²) in [6, 6.07) is 0.209. The molecule has 0 bridgehead atoms. The maximum absolute atomic E-state index is 11.7. The molecule has 7 heteroatoms. The first-order chi connectivity index (χ1) is 9.31. The van der Waals surface area contributed by atoms with E-state index in [0.29, 0.717) is 0 Å². The summed E-state index contributed by atoms with van der Waals surface area (Å²) in [5, 5.41) is 8.02. The minimum absolute atomic E-state index is 0.0713. The highest BCUT2D eigenvalue weighted by Crippen LogP contribution is 2.49. The van der Waals surface area contributed by atoms with Gasteiger partial charge in [0.15, 0.2) is 0 Å². The fraction of sp³-hybridized carbons (Fsp3) is 0.846. The molecule has 2 aliphatic carbocycles. The zero-order chi connectivity index (χ0) is 14.5. The van der Waals surface area contributed by atoms with Gasteiger partial charge in [-0.05, 0) is 31.1 Å². The molecule has 1 atom stereocenters. The quantitative estimate of drug-likeness (QED) is 0.803. The molecule has 0 spiro atoms. The minimum Gasteiger partial charge on any atom is -0.297 e. The molecule has 2 saturated carbocycles. The van der Waals surface area contributed by atoms with Gasteiger partial charge in [-0.25, -0.2) is 8.42 Å². The topological polar surface area (TPSA) is 64.8 Å². The van der Waals surface area contributed by atoms with Crippen molar-refractivity contribution in [3.8, 4) is 0 Å². The van der Waals surface area contributed by atoms with Crippen LogP contribution in [0.3, 0.4) is 0 Å². The molecule has 1 aromatic rings. The molecule has 3 rings (SSSR count). The average molecular weight is 318 g/mol. The number of nitrogens with zero attached hydrogens (tertiary/aromatic N) is 3. The van der Waals surface area contributed by atoms with Crippen molar-refractivity contribution in [2.45, 2.75) is 69.5 Å². The van der Waals surface area contributed by atoms with Gasteiger partial charge in [0.05, 0.1) is 0 Å². The Balaban J connectivity index is 2.08. The lowest BCUT2D eigenvalue weighted by Gasteiger charge is -2.38. The highest BCUT2D eigenvalue weighted by atomic mass is 35.7. The summed E-state index contributed by atoms with van der Waals surface area (Å²) >= 11 is 0. The molecule has 0 saturated heterocycles. The third-order valence-corrected chi connectivity index (χ3v) is 5.77. The van der Waals surface area contributed by atoms with E-state index in [9.17, 15) is 8.42 Å². The normalized spacial score (nSPS) is 26.6. The lowest BCUT2D eigenvalue weighted by molar-refractivity contribution is 0.187. The van der Waals surface area contributed by atoms with E-state index in [1.807, 2.05) is 0 Å². The summed E-state index contributed by atoms with van der Waals surface area (Å²) in [6.07, 6.45) is 6.53. The molecule has 0 radical (unpaired) electrons. The van der Waals surface area contributed by atoms with Crippen LogP contribution in [0.4, 0.5) is 0 Å². The predicted molar refractivity (Wildman–Crippen MR) is 76.3 cm³/mol. The summed E-state index contributed by atoms with van der Waals surface area (Å²) in [4.78, 5) is 0. The molecule has 5 nitrogen and oxygen atoms in total. The number of hydrogen-bond acceptors (Lipinski definition) is 4. The smallest absolute Gasteiger partial charge is 0.296 e. The molecule has 2 aliphatic rings. The van der Waals surface area contributed by atoms with Crippen molar-refractivity contribution in [1.82, 2.24) is 14.8 Å². The lowest BCUT2D eigenvalue weighted by Crippen LogP contribution is -2.28. The van der Waals surface area contributed by atoms with Crippen molar-refractivity contribution in [1.29, 1.82) is 0 Å². The number of halogens is 1. The first kappa shape index (κ1) is 14.3. The van der Waals surface area contributed by atoms with Crippen molar-refractivity contribution in [2.75, 3.05) is 0 Å².